The lowest BCUT2D eigenvalue weighted by Gasteiger charge is -2.32. The van der Waals surface area contributed by atoms with Gasteiger partial charge in [-0.25, -0.2) is 8.78 Å². The maximum absolute atomic E-state index is 14.1. The van der Waals surface area contributed by atoms with E-state index in [4.69, 9.17) is 0 Å². The second kappa shape index (κ2) is 6.57. The number of likely N-dealkylation sites (tertiary alicyclic amines) is 1. The molecule has 0 spiro atoms. The average molecular weight is 305 g/mol. The van der Waals surface area contributed by atoms with E-state index in [1.807, 2.05) is 0 Å². The standard InChI is InChI=1S/C17H21F2N3/c1-2-8-22-9-4-5-12(11-22)17-13(10-20-21-17)16-14(18)6-3-7-15(16)19/h3,6-7,10,12H,2,4-5,8-9,11H2,1H3,(H,20,21). The van der Waals surface area contributed by atoms with Crippen LogP contribution in [0.5, 0.6) is 0 Å². The summed E-state index contributed by atoms with van der Waals surface area (Å²) in [5.74, 6) is -0.829. The van der Waals surface area contributed by atoms with Crippen LogP contribution in [0.3, 0.4) is 0 Å². The fourth-order valence-electron chi connectivity index (χ4n) is 3.37. The van der Waals surface area contributed by atoms with Gasteiger partial charge in [-0.15, -0.1) is 0 Å². The van der Waals surface area contributed by atoms with E-state index in [-0.39, 0.29) is 11.5 Å². The van der Waals surface area contributed by atoms with Gasteiger partial charge in [0.25, 0.3) is 0 Å². The topological polar surface area (TPSA) is 31.9 Å². The number of nitrogens with zero attached hydrogens (tertiary/aromatic N) is 2. The van der Waals surface area contributed by atoms with Crippen molar-refractivity contribution in [2.24, 2.45) is 0 Å². The minimum Gasteiger partial charge on any atom is -0.303 e. The zero-order valence-electron chi connectivity index (χ0n) is 12.8. The molecule has 0 bridgehead atoms. The van der Waals surface area contributed by atoms with Gasteiger partial charge in [-0.05, 0) is 44.5 Å². The van der Waals surface area contributed by atoms with Gasteiger partial charge >= 0.3 is 0 Å². The third-order valence-electron chi connectivity index (χ3n) is 4.35. The van der Waals surface area contributed by atoms with Crippen molar-refractivity contribution in [3.05, 3.63) is 41.7 Å². The van der Waals surface area contributed by atoms with Gasteiger partial charge in [0.15, 0.2) is 0 Å². The molecule has 2 aromatic rings. The summed E-state index contributed by atoms with van der Waals surface area (Å²) in [5.41, 5.74) is 1.43. The fraction of sp³-hybridized carbons (Fsp3) is 0.471. The van der Waals surface area contributed by atoms with Crippen molar-refractivity contribution in [2.75, 3.05) is 19.6 Å². The second-order valence-corrected chi connectivity index (χ2v) is 5.93. The molecule has 1 N–H and O–H groups in total. The zero-order valence-corrected chi connectivity index (χ0v) is 12.8. The van der Waals surface area contributed by atoms with E-state index in [1.165, 1.54) is 24.4 Å². The van der Waals surface area contributed by atoms with Gasteiger partial charge in [0.1, 0.15) is 11.6 Å². The van der Waals surface area contributed by atoms with Crippen LogP contribution in [0.4, 0.5) is 8.78 Å². The zero-order chi connectivity index (χ0) is 15.5. The van der Waals surface area contributed by atoms with Crippen molar-refractivity contribution in [3.8, 4) is 11.1 Å². The van der Waals surface area contributed by atoms with Gasteiger partial charge in [-0.2, -0.15) is 5.10 Å². The Bertz CT molecular complexity index is 616. The number of H-pyrrole nitrogens is 1. The van der Waals surface area contributed by atoms with Crippen molar-refractivity contribution in [3.63, 3.8) is 0 Å². The van der Waals surface area contributed by atoms with Crippen molar-refractivity contribution < 1.29 is 8.78 Å². The van der Waals surface area contributed by atoms with Crippen molar-refractivity contribution in [1.82, 2.24) is 15.1 Å². The molecule has 1 atom stereocenters. The molecule has 2 heterocycles. The summed E-state index contributed by atoms with van der Waals surface area (Å²) < 4.78 is 28.1. The van der Waals surface area contributed by atoms with Crippen LogP contribution in [-0.2, 0) is 0 Å². The number of halogens is 2. The van der Waals surface area contributed by atoms with E-state index in [2.05, 4.69) is 22.0 Å². The summed E-state index contributed by atoms with van der Waals surface area (Å²) in [7, 11) is 0. The van der Waals surface area contributed by atoms with Gasteiger partial charge in [-0.1, -0.05) is 13.0 Å². The largest absolute Gasteiger partial charge is 0.303 e. The van der Waals surface area contributed by atoms with Gasteiger partial charge in [0.2, 0.25) is 0 Å². The first-order valence-electron chi connectivity index (χ1n) is 7.90. The number of piperidine rings is 1. The SMILES string of the molecule is CCCN1CCCC(c2[nH]ncc2-c2c(F)cccc2F)C1. The monoisotopic (exact) mass is 305 g/mol. The Balaban J connectivity index is 1.92. The van der Waals surface area contributed by atoms with Crippen LogP contribution in [0.15, 0.2) is 24.4 Å². The van der Waals surface area contributed by atoms with Crippen LogP contribution >= 0.6 is 0 Å². The highest BCUT2D eigenvalue weighted by Gasteiger charge is 2.26. The van der Waals surface area contributed by atoms with Gasteiger partial charge in [0.05, 0.1) is 11.8 Å². The van der Waals surface area contributed by atoms with Crippen LogP contribution in [-0.4, -0.2) is 34.7 Å². The minimum atomic E-state index is -0.538. The maximum atomic E-state index is 14.1. The highest BCUT2D eigenvalue weighted by molar-refractivity contribution is 5.67. The smallest absolute Gasteiger partial charge is 0.134 e. The third-order valence-corrected chi connectivity index (χ3v) is 4.35. The molecule has 1 saturated heterocycles. The van der Waals surface area contributed by atoms with Crippen LogP contribution in [0.1, 0.15) is 37.8 Å². The van der Waals surface area contributed by atoms with Crippen LogP contribution in [0.25, 0.3) is 11.1 Å². The molecule has 3 nitrogen and oxygen atoms in total. The molecule has 1 aliphatic rings. The Morgan fingerprint density at radius 1 is 1.32 bits per heavy atom. The van der Waals surface area contributed by atoms with E-state index < -0.39 is 11.6 Å². The predicted molar refractivity (Wildman–Crippen MR) is 82.6 cm³/mol. The van der Waals surface area contributed by atoms with Crippen LogP contribution in [0.2, 0.25) is 0 Å². The van der Waals surface area contributed by atoms with E-state index in [1.54, 1.807) is 0 Å². The van der Waals surface area contributed by atoms with E-state index in [9.17, 15) is 8.78 Å². The summed E-state index contributed by atoms with van der Waals surface area (Å²) in [6, 6.07) is 3.97. The molecule has 0 aliphatic carbocycles. The Kier molecular flexibility index (Phi) is 4.52. The molecule has 1 aromatic carbocycles. The van der Waals surface area contributed by atoms with Crippen molar-refractivity contribution >= 4 is 0 Å². The number of rotatable bonds is 4. The van der Waals surface area contributed by atoms with Gasteiger partial charge in [-0.3, -0.25) is 5.10 Å². The highest BCUT2D eigenvalue weighted by Crippen LogP contribution is 2.35. The van der Waals surface area contributed by atoms with Gasteiger partial charge in [0, 0.05) is 23.7 Å². The molecule has 22 heavy (non-hydrogen) atoms. The molecular formula is C17H21F2N3. The van der Waals surface area contributed by atoms with Crippen molar-refractivity contribution in [1.29, 1.82) is 0 Å². The first kappa shape index (κ1) is 15.2. The average Bonchev–Trinajstić information content (AvgIpc) is 2.97. The molecule has 1 unspecified atom stereocenters. The third kappa shape index (κ3) is 2.90. The minimum absolute atomic E-state index is 0.0267. The van der Waals surface area contributed by atoms with E-state index in [0.29, 0.717) is 5.56 Å². The maximum Gasteiger partial charge on any atom is 0.134 e. The Hall–Kier alpha value is -1.75. The number of benzene rings is 1. The normalized spacial score (nSPS) is 19.5. The molecule has 5 heteroatoms. The summed E-state index contributed by atoms with van der Waals surface area (Å²) in [6.45, 7) is 5.25. The Labute approximate surface area is 129 Å². The molecule has 0 radical (unpaired) electrons. The van der Waals surface area contributed by atoms with E-state index >= 15 is 0 Å². The second-order valence-electron chi connectivity index (χ2n) is 5.93. The molecule has 1 fully saturated rings. The summed E-state index contributed by atoms with van der Waals surface area (Å²) >= 11 is 0. The number of hydrogen-bond acceptors (Lipinski definition) is 2. The predicted octanol–water partition coefficient (Wildman–Crippen LogP) is 3.94. The molecule has 1 aliphatic heterocycles. The number of nitrogens with one attached hydrogen (secondary N) is 1. The number of aromatic amines is 1. The van der Waals surface area contributed by atoms with Crippen molar-refractivity contribution in [2.45, 2.75) is 32.1 Å². The Morgan fingerprint density at radius 3 is 2.82 bits per heavy atom. The lowest BCUT2D eigenvalue weighted by molar-refractivity contribution is 0.207. The first-order chi connectivity index (χ1) is 10.7. The first-order valence-corrected chi connectivity index (χ1v) is 7.90. The Morgan fingerprint density at radius 2 is 2.09 bits per heavy atom. The molecule has 0 amide bonds. The summed E-state index contributed by atoms with van der Waals surface area (Å²) in [4.78, 5) is 2.41. The van der Waals surface area contributed by atoms with Crippen LogP contribution < -0.4 is 0 Å². The lowest BCUT2D eigenvalue weighted by Crippen LogP contribution is -2.35. The molecular weight excluding hydrogens is 284 g/mol. The summed E-state index contributed by atoms with van der Waals surface area (Å²) in [5, 5.41) is 7.03. The molecule has 3 rings (SSSR count). The van der Waals surface area contributed by atoms with E-state index in [0.717, 1.165) is 44.6 Å². The quantitative estimate of drug-likeness (QED) is 0.927. The summed E-state index contributed by atoms with van der Waals surface area (Å²) in [6.07, 6.45) is 4.77. The van der Waals surface area contributed by atoms with Gasteiger partial charge < -0.3 is 4.90 Å². The fourth-order valence-corrected chi connectivity index (χ4v) is 3.37. The molecule has 1 aromatic heterocycles. The highest BCUT2D eigenvalue weighted by atomic mass is 19.1. The molecule has 118 valence electrons. The number of hydrogen-bond donors (Lipinski definition) is 1. The number of aromatic nitrogens is 2. The van der Waals surface area contributed by atoms with Crippen LogP contribution in [0, 0.1) is 11.6 Å². The molecule has 0 saturated carbocycles. The lowest BCUT2D eigenvalue weighted by atomic mass is 9.90.